The molecule has 1 unspecified atom stereocenters. The molecule has 0 spiro atoms. The molecule has 1 amide bonds. The molecular weight excluding hydrogens is 348 g/mol. The van der Waals surface area contributed by atoms with Gasteiger partial charge in [0.05, 0.1) is 12.7 Å². The van der Waals surface area contributed by atoms with Crippen molar-refractivity contribution in [2.75, 3.05) is 7.11 Å². The van der Waals surface area contributed by atoms with Crippen LogP contribution in [0.3, 0.4) is 0 Å². The van der Waals surface area contributed by atoms with Crippen molar-refractivity contribution in [3.8, 4) is 11.5 Å². The van der Waals surface area contributed by atoms with Crippen LogP contribution in [0.2, 0.25) is 0 Å². The summed E-state index contributed by atoms with van der Waals surface area (Å²) in [5.74, 6) is 0.485. The minimum absolute atomic E-state index is 0.267. The van der Waals surface area contributed by atoms with Gasteiger partial charge in [-0.3, -0.25) is 9.59 Å². The van der Waals surface area contributed by atoms with E-state index in [1.807, 2.05) is 12.1 Å². The fourth-order valence-corrected chi connectivity index (χ4v) is 2.93. The molecule has 0 bridgehead atoms. The molecule has 0 aromatic heterocycles. The first-order valence-electron chi connectivity index (χ1n) is 8.36. The molecule has 7 nitrogen and oxygen atoms in total. The van der Waals surface area contributed by atoms with Gasteiger partial charge in [0.15, 0.2) is 0 Å². The van der Waals surface area contributed by atoms with E-state index < -0.39 is 11.7 Å². The number of esters is 1. The van der Waals surface area contributed by atoms with Crippen molar-refractivity contribution < 1.29 is 23.8 Å². The second-order valence-corrected chi connectivity index (χ2v) is 6.14. The quantitative estimate of drug-likeness (QED) is 0.612. The summed E-state index contributed by atoms with van der Waals surface area (Å²) in [5.41, 5.74) is 0.0502. The molecule has 3 rings (SSSR count). The van der Waals surface area contributed by atoms with Crippen molar-refractivity contribution in [1.29, 1.82) is 0 Å². The van der Waals surface area contributed by atoms with E-state index in [2.05, 4.69) is 5.10 Å². The molecule has 140 valence electrons. The number of para-hydroxylation sites is 1. The Bertz CT molecular complexity index is 924. The second kappa shape index (κ2) is 7.11. The van der Waals surface area contributed by atoms with Crippen molar-refractivity contribution in [2.24, 2.45) is 5.10 Å². The molecule has 0 saturated heterocycles. The minimum atomic E-state index is -1.20. The molecule has 0 saturated carbocycles. The molecule has 7 heteroatoms. The van der Waals surface area contributed by atoms with Gasteiger partial charge in [0.1, 0.15) is 11.5 Å². The molecule has 0 aliphatic carbocycles. The van der Waals surface area contributed by atoms with Crippen LogP contribution < -0.4 is 9.47 Å². The van der Waals surface area contributed by atoms with Crippen LogP contribution in [0.5, 0.6) is 11.5 Å². The normalized spacial score (nSPS) is 18.5. The Morgan fingerprint density at radius 1 is 1.11 bits per heavy atom. The number of carbonyl (C=O) groups is 2. The Morgan fingerprint density at radius 3 is 2.52 bits per heavy atom. The molecule has 1 aliphatic rings. The number of nitrogens with zero attached hydrogens (tertiary/aromatic N) is 2. The van der Waals surface area contributed by atoms with Gasteiger partial charge in [-0.25, -0.2) is 0 Å². The maximum absolute atomic E-state index is 12.3. The van der Waals surface area contributed by atoms with E-state index in [-0.39, 0.29) is 11.8 Å². The summed E-state index contributed by atoms with van der Waals surface area (Å²) in [4.78, 5) is 23.5. The molecular formula is C20H20N2O5. The fourth-order valence-electron chi connectivity index (χ4n) is 2.93. The first-order valence-corrected chi connectivity index (χ1v) is 8.36. The Labute approximate surface area is 157 Å². The van der Waals surface area contributed by atoms with Gasteiger partial charge in [0.2, 0.25) is 17.5 Å². The summed E-state index contributed by atoms with van der Waals surface area (Å²) in [6.45, 7) is 4.46. The third-order valence-electron chi connectivity index (χ3n) is 4.16. The molecule has 0 N–H and O–H groups in total. The van der Waals surface area contributed by atoms with Crippen LogP contribution in [-0.4, -0.2) is 29.9 Å². The van der Waals surface area contributed by atoms with E-state index >= 15 is 0 Å². The van der Waals surface area contributed by atoms with Gasteiger partial charge in [-0.1, -0.05) is 24.3 Å². The van der Waals surface area contributed by atoms with Crippen LogP contribution in [0.4, 0.5) is 0 Å². The second-order valence-electron chi connectivity index (χ2n) is 6.14. The summed E-state index contributed by atoms with van der Waals surface area (Å²) < 4.78 is 16.6. The summed E-state index contributed by atoms with van der Waals surface area (Å²) in [5, 5.41) is 5.64. The lowest BCUT2D eigenvalue weighted by Crippen LogP contribution is -2.41. The van der Waals surface area contributed by atoms with Crippen molar-refractivity contribution in [3.63, 3.8) is 0 Å². The molecule has 0 radical (unpaired) electrons. The molecule has 1 aliphatic heterocycles. The van der Waals surface area contributed by atoms with Gasteiger partial charge >= 0.3 is 5.97 Å². The maximum atomic E-state index is 12.3. The Kier molecular flexibility index (Phi) is 4.85. The summed E-state index contributed by atoms with van der Waals surface area (Å²) >= 11 is 0. The summed E-state index contributed by atoms with van der Waals surface area (Å²) in [7, 11) is 1.55. The topological polar surface area (TPSA) is 77.4 Å². The highest BCUT2D eigenvalue weighted by Crippen LogP contribution is 2.38. The van der Waals surface area contributed by atoms with Crippen molar-refractivity contribution >= 4 is 17.8 Å². The Hall–Kier alpha value is -3.35. The van der Waals surface area contributed by atoms with Gasteiger partial charge in [0, 0.05) is 26.3 Å². The third kappa shape index (κ3) is 3.48. The Balaban J connectivity index is 2.03. The Morgan fingerprint density at radius 2 is 1.85 bits per heavy atom. The number of carbonyl (C=O) groups excluding carboxylic acids is 2. The number of hydrogen-bond acceptors (Lipinski definition) is 6. The van der Waals surface area contributed by atoms with E-state index in [4.69, 9.17) is 14.2 Å². The number of rotatable bonds is 4. The highest BCUT2D eigenvalue weighted by molar-refractivity contribution is 5.99. The zero-order valence-electron chi connectivity index (χ0n) is 15.6. The van der Waals surface area contributed by atoms with E-state index in [1.54, 1.807) is 50.4 Å². The minimum Gasteiger partial charge on any atom is -0.496 e. The monoisotopic (exact) mass is 368 g/mol. The average Bonchev–Trinajstić information content (AvgIpc) is 3.00. The standard InChI is InChI=1S/C20H20N2O5/c1-13(23)22-20(3,15-8-7-9-16(12-15)26-14(2)24)27-19(21-22)17-10-5-6-11-18(17)25-4/h5-12H,1-4H3. The first-order chi connectivity index (χ1) is 12.8. The van der Waals surface area contributed by atoms with Crippen LogP contribution in [0.25, 0.3) is 0 Å². The number of hydrazone groups is 1. The fraction of sp³-hybridized carbons (Fsp3) is 0.250. The van der Waals surface area contributed by atoms with Crippen molar-refractivity contribution in [3.05, 3.63) is 59.7 Å². The van der Waals surface area contributed by atoms with Gasteiger partial charge < -0.3 is 14.2 Å². The molecule has 1 heterocycles. The van der Waals surface area contributed by atoms with Crippen molar-refractivity contribution in [1.82, 2.24) is 5.01 Å². The average molecular weight is 368 g/mol. The van der Waals surface area contributed by atoms with E-state index in [9.17, 15) is 9.59 Å². The number of amides is 1. The predicted octanol–water partition coefficient (Wildman–Crippen LogP) is 3.03. The first kappa shape index (κ1) is 18.4. The van der Waals surface area contributed by atoms with E-state index in [0.29, 0.717) is 22.6 Å². The lowest BCUT2D eigenvalue weighted by Gasteiger charge is -2.31. The largest absolute Gasteiger partial charge is 0.496 e. The lowest BCUT2D eigenvalue weighted by molar-refractivity contribution is -0.146. The number of ether oxygens (including phenoxy) is 3. The zero-order chi connectivity index (χ0) is 19.6. The molecule has 2 aromatic rings. The highest BCUT2D eigenvalue weighted by atomic mass is 16.6. The van der Waals surface area contributed by atoms with Gasteiger partial charge in [0.25, 0.3) is 0 Å². The van der Waals surface area contributed by atoms with Crippen LogP contribution in [-0.2, 0) is 20.1 Å². The summed E-state index contributed by atoms with van der Waals surface area (Å²) in [6.07, 6.45) is 0. The molecule has 27 heavy (non-hydrogen) atoms. The summed E-state index contributed by atoms with van der Waals surface area (Å²) in [6, 6.07) is 14.1. The highest BCUT2D eigenvalue weighted by Gasteiger charge is 2.45. The maximum Gasteiger partial charge on any atom is 0.308 e. The SMILES string of the molecule is COc1ccccc1C1=NN(C(C)=O)C(C)(c2cccc(OC(C)=O)c2)O1. The van der Waals surface area contributed by atoms with Crippen LogP contribution >= 0.6 is 0 Å². The molecule has 1 atom stereocenters. The number of hydrogen-bond donors (Lipinski definition) is 0. The van der Waals surface area contributed by atoms with Gasteiger partial charge in [-0.15, -0.1) is 5.10 Å². The van der Waals surface area contributed by atoms with Gasteiger partial charge in [-0.2, -0.15) is 5.01 Å². The van der Waals surface area contributed by atoms with E-state index in [1.165, 1.54) is 18.9 Å². The smallest absolute Gasteiger partial charge is 0.308 e. The zero-order valence-corrected chi connectivity index (χ0v) is 15.6. The van der Waals surface area contributed by atoms with Gasteiger partial charge in [-0.05, 0) is 24.3 Å². The van der Waals surface area contributed by atoms with E-state index in [0.717, 1.165) is 0 Å². The molecule has 0 fully saturated rings. The number of methoxy groups -OCH3 is 1. The van der Waals surface area contributed by atoms with Crippen molar-refractivity contribution in [2.45, 2.75) is 26.5 Å². The number of benzene rings is 2. The third-order valence-corrected chi connectivity index (χ3v) is 4.16. The predicted molar refractivity (Wildman–Crippen MR) is 98.2 cm³/mol. The lowest BCUT2D eigenvalue weighted by atomic mass is 10.0. The van der Waals surface area contributed by atoms with Crippen LogP contribution in [0.1, 0.15) is 31.9 Å². The van der Waals surface area contributed by atoms with Crippen LogP contribution in [0.15, 0.2) is 53.6 Å². The molecule has 2 aromatic carbocycles. The van der Waals surface area contributed by atoms with Crippen LogP contribution in [0, 0.1) is 0 Å².